The molecule has 2 aromatic rings. The molecule has 1 atom stereocenters. The number of rotatable bonds is 1. The third kappa shape index (κ3) is 2.03. The fourth-order valence-corrected chi connectivity index (χ4v) is 4.34. The summed E-state index contributed by atoms with van der Waals surface area (Å²) in [5.74, 6) is -0.669. The van der Waals surface area contributed by atoms with E-state index in [9.17, 15) is 18.0 Å². The van der Waals surface area contributed by atoms with Crippen LogP contribution in [0.15, 0.2) is 30.3 Å². The van der Waals surface area contributed by atoms with Crippen molar-refractivity contribution in [2.75, 3.05) is 12.4 Å². The molecule has 0 bridgehead atoms. The molecule has 7 heteroatoms. The summed E-state index contributed by atoms with van der Waals surface area (Å²) in [5.41, 5.74) is -0.126. The van der Waals surface area contributed by atoms with Crippen molar-refractivity contribution in [3.05, 3.63) is 57.6 Å². The summed E-state index contributed by atoms with van der Waals surface area (Å²) >= 11 is 6.16. The zero-order valence-corrected chi connectivity index (χ0v) is 13.9. The smallest absolute Gasteiger partial charge is 0.420 e. The Morgan fingerprint density at radius 2 is 2.00 bits per heavy atom. The van der Waals surface area contributed by atoms with E-state index in [1.165, 1.54) is 7.11 Å². The van der Waals surface area contributed by atoms with Gasteiger partial charge in [0.15, 0.2) is 0 Å². The van der Waals surface area contributed by atoms with Gasteiger partial charge in [-0.25, -0.2) is 0 Å². The lowest BCUT2D eigenvalue weighted by atomic mass is 9.75. The number of benzene rings is 2. The normalized spacial score (nSPS) is 21.2. The number of hydrogen-bond acceptors (Lipinski definition) is 2. The number of carbonyl (C=O) groups excluding carboxylic acids is 1. The first kappa shape index (κ1) is 16.3. The Bertz CT molecular complexity index is 910. The molecule has 1 unspecified atom stereocenters. The lowest BCUT2D eigenvalue weighted by Crippen LogP contribution is -2.34. The fraction of sp³-hybridized carbons (Fsp3) is 0.278. The van der Waals surface area contributed by atoms with Gasteiger partial charge in [-0.1, -0.05) is 29.8 Å². The highest BCUT2D eigenvalue weighted by atomic mass is 35.5. The Morgan fingerprint density at radius 3 is 2.68 bits per heavy atom. The zero-order chi connectivity index (χ0) is 18.0. The van der Waals surface area contributed by atoms with Crippen LogP contribution in [0.2, 0.25) is 5.02 Å². The molecule has 3 nitrogen and oxygen atoms in total. The predicted molar refractivity (Wildman–Crippen MR) is 87.2 cm³/mol. The molecule has 1 spiro atoms. The molecular weight excluding hydrogens is 355 g/mol. The van der Waals surface area contributed by atoms with E-state index in [1.54, 1.807) is 24.3 Å². The van der Waals surface area contributed by atoms with Crippen LogP contribution in [0.25, 0.3) is 0 Å². The van der Waals surface area contributed by atoms with Crippen LogP contribution >= 0.6 is 11.6 Å². The lowest BCUT2D eigenvalue weighted by Gasteiger charge is -2.27. The molecule has 25 heavy (non-hydrogen) atoms. The molecule has 1 N–H and O–H groups in total. The molecule has 0 saturated carbocycles. The van der Waals surface area contributed by atoms with Crippen molar-refractivity contribution in [1.82, 2.24) is 0 Å². The van der Waals surface area contributed by atoms with Crippen molar-refractivity contribution in [1.29, 1.82) is 0 Å². The molecule has 0 radical (unpaired) electrons. The lowest BCUT2D eigenvalue weighted by molar-refractivity contribution is -0.139. The van der Waals surface area contributed by atoms with E-state index in [2.05, 4.69) is 5.32 Å². The zero-order valence-electron chi connectivity index (χ0n) is 13.1. The molecule has 1 aliphatic heterocycles. The fourth-order valence-electron chi connectivity index (χ4n) is 4.04. The summed E-state index contributed by atoms with van der Waals surface area (Å²) in [6.07, 6.45) is -3.88. The van der Waals surface area contributed by atoms with Crippen LogP contribution in [0.3, 0.4) is 0 Å². The number of amides is 1. The van der Waals surface area contributed by atoms with Gasteiger partial charge in [-0.3, -0.25) is 4.79 Å². The van der Waals surface area contributed by atoms with Crippen molar-refractivity contribution >= 4 is 23.2 Å². The van der Waals surface area contributed by atoms with Gasteiger partial charge >= 0.3 is 6.18 Å². The third-order valence-electron chi connectivity index (χ3n) is 5.04. The number of hydrogen-bond donors (Lipinski definition) is 1. The van der Waals surface area contributed by atoms with Gasteiger partial charge in [-0.2, -0.15) is 13.2 Å². The van der Waals surface area contributed by atoms with Gasteiger partial charge < -0.3 is 10.1 Å². The van der Waals surface area contributed by atoms with E-state index in [0.29, 0.717) is 29.7 Å². The first-order chi connectivity index (χ1) is 11.8. The molecule has 130 valence electrons. The number of para-hydroxylation sites is 1. The Morgan fingerprint density at radius 1 is 1.28 bits per heavy atom. The number of methoxy groups -OCH3 is 1. The minimum atomic E-state index is -4.64. The summed E-state index contributed by atoms with van der Waals surface area (Å²) < 4.78 is 45.7. The maximum absolute atomic E-state index is 13.5. The van der Waals surface area contributed by atoms with Gasteiger partial charge in [0, 0.05) is 16.3 Å². The third-order valence-corrected chi connectivity index (χ3v) is 5.38. The summed E-state index contributed by atoms with van der Waals surface area (Å²) in [4.78, 5) is 12.9. The highest BCUT2D eigenvalue weighted by Crippen LogP contribution is 2.57. The maximum Gasteiger partial charge on any atom is 0.420 e. The van der Waals surface area contributed by atoms with Crippen molar-refractivity contribution in [2.45, 2.75) is 24.4 Å². The van der Waals surface area contributed by atoms with Crippen molar-refractivity contribution in [3.63, 3.8) is 0 Å². The largest absolute Gasteiger partial charge is 0.496 e. The van der Waals surface area contributed by atoms with Gasteiger partial charge in [-0.05, 0) is 36.1 Å². The van der Waals surface area contributed by atoms with Crippen LogP contribution in [0.1, 0.15) is 28.7 Å². The van der Waals surface area contributed by atoms with Crippen LogP contribution in [-0.4, -0.2) is 13.0 Å². The number of ether oxygens (including phenoxy) is 1. The van der Waals surface area contributed by atoms with Gasteiger partial charge in [-0.15, -0.1) is 0 Å². The summed E-state index contributed by atoms with van der Waals surface area (Å²) in [5, 5.41) is 2.79. The minimum Gasteiger partial charge on any atom is -0.496 e. The van der Waals surface area contributed by atoms with E-state index in [-0.39, 0.29) is 22.2 Å². The monoisotopic (exact) mass is 367 g/mol. The second-order valence-corrected chi connectivity index (χ2v) is 6.60. The molecule has 4 rings (SSSR count). The second-order valence-electron chi connectivity index (χ2n) is 6.20. The van der Waals surface area contributed by atoms with Crippen LogP contribution in [0.4, 0.5) is 18.9 Å². The molecule has 0 aromatic heterocycles. The number of nitrogens with one attached hydrogen (secondary N) is 1. The summed E-state index contributed by atoms with van der Waals surface area (Å²) in [6, 6.07) is 7.92. The number of alkyl halides is 3. The molecular formula is C18H13ClF3NO2. The first-order valence-electron chi connectivity index (χ1n) is 7.68. The Balaban J connectivity index is 2.10. The topological polar surface area (TPSA) is 38.3 Å². The maximum atomic E-state index is 13.5. The quantitative estimate of drug-likeness (QED) is 0.803. The Labute approximate surface area is 146 Å². The van der Waals surface area contributed by atoms with Gasteiger partial charge in [0.1, 0.15) is 11.2 Å². The molecule has 0 saturated heterocycles. The van der Waals surface area contributed by atoms with Crippen LogP contribution in [0.5, 0.6) is 5.75 Å². The minimum absolute atomic E-state index is 0.0113. The number of fused-ring (bicyclic) bond motifs is 4. The summed E-state index contributed by atoms with van der Waals surface area (Å²) in [6.45, 7) is 0. The van der Waals surface area contributed by atoms with E-state index in [0.717, 1.165) is 6.07 Å². The SMILES string of the molecule is COc1c(C(F)(F)F)cc(Cl)c2c1C1(CC2)C(=O)Nc2ccccc21. The Kier molecular flexibility index (Phi) is 3.35. The van der Waals surface area contributed by atoms with E-state index in [1.807, 2.05) is 0 Å². The van der Waals surface area contributed by atoms with Crippen molar-refractivity contribution in [2.24, 2.45) is 0 Å². The van der Waals surface area contributed by atoms with Crippen LogP contribution in [-0.2, 0) is 22.8 Å². The molecule has 2 aromatic carbocycles. The average molecular weight is 368 g/mol. The first-order valence-corrected chi connectivity index (χ1v) is 8.06. The molecule has 1 heterocycles. The van der Waals surface area contributed by atoms with E-state index >= 15 is 0 Å². The van der Waals surface area contributed by atoms with Gasteiger partial charge in [0.25, 0.3) is 0 Å². The molecule has 0 fully saturated rings. The predicted octanol–water partition coefficient (Wildman–Crippen LogP) is 4.55. The van der Waals surface area contributed by atoms with E-state index in [4.69, 9.17) is 16.3 Å². The number of carbonyl (C=O) groups is 1. The number of anilines is 1. The van der Waals surface area contributed by atoms with Crippen LogP contribution < -0.4 is 10.1 Å². The van der Waals surface area contributed by atoms with Gasteiger partial charge in [0.2, 0.25) is 5.91 Å². The Hall–Kier alpha value is -2.21. The van der Waals surface area contributed by atoms with Crippen molar-refractivity contribution in [3.8, 4) is 5.75 Å². The molecule has 2 aliphatic rings. The summed E-state index contributed by atoms with van der Waals surface area (Å²) in [7, 11) is 1.18. The molecule has 1 aliphatic carbocycles. The van der Waals surface area contributed by atoms with Crippen molar-refractivity contribution < 1.29 is 22.7 Å². The standard InChI is InChI=1S/C18H13ClF3NO2/c1-25-15-11(18(20,21)22)8-12(19)9-6-7-17(14(9)15)10-4-2-3-5-13(10)23-16(17)24/h2-5,8H,6-7H2,1H3,(H,23,24). The highest BCUT2D eigenvalue weighted by Gasteiger charge is 2.55. The van der Waals surface area contributed by atoms with E-state index < -0.39 is 17.2 Å². The van der Waals surface area contributed by atoms with Gasteiger partial charge in [0.05, 0.1) is 12.7 Å². The molecule has 1 amide bonds. The average Bonchev–Trinajstić information content (AvgIpc) is 3.08. The highest BCUT2D eigenvalue weighted by molar-refractivity contribution is 6.32. The number of halogens is 4. The second kappa shape index (κ2) is 5.14. The van der Waals surface area contributed by atoms with Crippen LogP contribution in [0, 0.1) is 0 Å².